The van der Waals surface area contributed by atoms with Crippen molar-refractivity contribution in [2.45, 2.75) is 206 Å². The minimum absolute atomic E-state index is 0.114. The van der Waals surface area contributed by atoms with Gasteiger partial charge < -0.3 is 24.4 Å². The molecule has 8 nitrogen and oxygen atoms in total. The number of carbonyl (C=O) groups excluding carboxylic acids is 3. The van der Waals surface area contributed by atoms with Crippen LogP contribution < -0.4 is 0 Å². The third kappa shape index (κ3) is 24.5. The lowest BCUT2D eigenvalue weighted by Crippen LogP contribution is -2.33. The number of aliphatic hydroxyl groups is 2. The van der Waals surface area contributed by atoms with Crippen molar-refractivity contribution in [2.24, 2.45) is 0 Å². The highest BCUT2D eigenvalue weighted by atomic mass is 16.6. The first kappa shape index (κ1) is 45.4. The van der Waals surface area contributed by atoms with Gasteiger partial charge >= 0.3 is 17.9 Å². The van der Waals surface area contributed by atoms with Crippen LogP contribution in [0.5, 0.6) is 0 Å². The normalized spacial score (nSPS) is 15.3. The summed E-state index contributed by atoms with van der Waals surface area (Å²) in [5.74, 6) is -3.38. The van der Waals surface area contributed by atoms with E-state index in [9.17, 15) is 24.6 Å². The molecular weight excluding hydrogens is 632 g/mol. The zero-order valence-electron chi connectivity index (χ0n) is 31.8. The molecule has 0 saturated heterocycles. The van der Waals surface area contributed by atoms with Gasteiger partial charge in [0, 0.05) is 12.8 Å². The molecule has 8 heteroatoms. The molecule has 1 aliphatic heterocycles. The Balaban J connectivity index is 2.09. The van der Waals surface area contributed by atoms with Crippen molar-refractivity contribution < 1.29 is 38.8 Å². The molecule has 50 heavy (non-hydrogen) atoms. The average Bonchev–Trinajstić information content (AvgIpc) is 3.39. The highest BCUT2D eigenvalue weighted by molar-refractivity contribution is 5.92. The van der Waals surface area contributed by atoms with Gasteiger partial charge in [-0.15, -0.1) is 0 Å². The lowest BCUT2D eigenvalue weighted by molar-refractivity contribution is -0.157. The number of ether oxygens (including phenoxy) is 3. The van der Waals surface area contributed by atoms with Crippen molar-refractivity contribution in [1.29, 1.82) is 0 Å². The summed E-state index contributed by atoms with van der Waals surface area (Å²) in [7, 11) is 0. The first-order valence-electron chi connectivity index (χ1n) is 20.4. The van der Waals surface area contributed by atoms with Gasteiger partial charge in [-0.1, -0.05) is 141 Å². The van der Waals surface area contributed by atoms with E-state index < -0.39 is 48.2 Å². The van der Waals surface area contributed by atoms with Crippen LogP contribution in [-0.4, -0.2) is 46.9 Å². The van der Waals surface area contributed by atoms with E-state index in [0.717, 1.165) is 64.2 Å². The molecule has 0 radical (unpaired) electrons. The number of hydrogen-bond acceptors (Lipinski definition) is 8. The second kappa shape index (κ2) is 32.3. The van der Waals surface area contributed by atoms with Crippen molar-refractivity contribution in [2.75, 3.05) is 6.61 Å². The average molecular weight is 705 g/mol. The fraction of sp³-hybridized carbons (Fsp3) is 0.786. The van der Waals surface area contributed by atoms with E-state index in [1.54, 1.807) is 0 Å². The lowest BCUT2D eigenvalue weighted by Gasteiger charge is -2.17. The van der Waals surface area contributed by atoms with Crippen molar-refractivity contribution in [3.05, 3.63) is 35.8 Å². The van der Waals surface area contributed by atoms with Crippen LogP contribution in [0.2, 0.25) is 0 Å². The van der Waals surface area contributed by atoms with Gasteiger partial charge in [-0.25, -0.2) is 4.79 Å². The Bertz CT molecular complexity index is 969. The molecule has 0 bridgehead atoms. The van der Waals surface area contributed by atoms with Crippen molar-refractivity contribution in [3.63, 3.8) is 0 Å². The van der Waals surface area contributed by atoms with E-state index >= 15 is 0 Å². The van der Waals surface area contributed by atoms with E-state index in [2.05, 4.69) is 38.2 Å². The van der Waals surface area contributed by atoms with Crippen LogP contribution in [0.25, 0.3) is 0 Å². The number of hydrogen-bond donors (Lipinski definition) is 2. The Morgan fingerprint density at radius 1 is 0.620 bits per heavy atom. The molecule has 0 fully saturated rings. The number of rotatable bonds is 34. The molecule has 2 N–H and O–H groups in total. The molecule has 1 heterocycles. The number of aliphatic hydroxyl groups excluding tert-OH is 2. The maximum Gasteiger partial charge on any atom is 0.378 e. The monoisotopic (exact) mass is 705 g/mol. The standard InChI is InChI=1S/C42H72O8/c1-3-5-7-9-11-13-15-17-19-21-23-25-27-29-31-33-37(44)48-35-36(43)40-39(46)41(42(47)50-40)49-38(45)34-32-30-28-26-24-22-20-18-16-14-12-10-8-6-4-2/h17-20,36,40,43,46H,3-16,21-35H2,1-2H3/b19-17-,20-18-/t36-,40+/m0/s1. The van der Waals surface area contributed by atoms with Crippen LogP contribution in [0.1, 0.15) is 194 Å². The summed E-state index contributed by atoms with van der Waals surface area (Å²) in [5.41, 5.74) is 0. The maximum absolute atomic E-state index is 12.3. The molecule has 1 aliphatic rings. The number of unbranched alkanes of at least 4 members (excludes halogenated alkanes) is 22. The van der Waals surface area contributed by atoms with Gasteiger partial charge in [0.2, 0.25) is 0 Å². The topological polar surface area (TPSA) is 119 Å². The van der Waals surface area contributed by atoms with Crippen LogP contribution in [0.4, 0.5) is 0 Å². The van der Waals surface area contributed by atoms with Crippen molar-refractivity contribution in [1.82, 2.24) is 0 Å². The van der Waals surface area contributed by atoms with Crippen LogP contribution in [-0.2, 0) is 28.6 Å². The minimum Gasteiger partial charge on any atom is -0.505 e. The smallest absolute Gasteiger partial charge is 0.378 e. The molecule has 288 valence electrons. The zero-order valence-corrected chi connectivity index (χ0v) is 31.8. The van der Waals surface area contributed by atoms with Crippen LogP contribution >= 0.6 is 0 Å². The van der Waals surface area contributed by atoms with Crippen LogP contribution in [0.15, 0.2) is 35.8 Å². The zero-order chi connectivity index (χ0) is 36.5. The van der Waals surface area contributed by atoms with Gasteiger partial charge in [-0.3, -0.25) is 9.59 Å². The molecule has 0 aromatic heterocycles. The van der Waals surface area contributed by atoms with Crippen molar-refractivity contribution >= 4 is 17.9 Å². The Hall–Kier alpha value is -2.61. The molecule has 0 aromatic carbocycles. The first-order valence-corrected chi connectivity index (χ1v) is 20.4. The van der Waals surface area contributed by atoms with E-state index in [1.807, 2.05) is 0 Å². The second-order valence-electron chi connectivity index (χ2n) is 13.9. The number of carbonyl (C=O) groups is 3. The molecule has 0 saturated carbocycles. The largest absolute Gasteiger partial charge is 0.505 e. The van der Waals surface area contributed by atoms with Gasteiger partial charge in [0.15, 0.2) is 11.9 Å². The SMILES string of the molecule is CCCCCCCC/C=C\CCCCCCCC(=O)OC[C@H](O)[C@H]1OC(=O)C(OC(=O)CCCCCCC/C=C\CCCCCCCC)=C1O. The van der Waals surface area contributed by atoms with Crippen LogP contribution in [0, 0.1) is 0 Å². The fourth-order valence-corrected chi connectivity index (χ4v) is 6.00. The minimum atomic E-state index is -1.47. The highest BCUT2D eigenvalue weighted by Gasteiger charge is 2.42. The maximum atomic E-state index is 12.3. The molecule has 0 aliphatic carbocycles. The summed E-state index contributed by atoms with van der Waals surface area (Å²) in [6, 6.07) is 0. The van der Waals surface area contributed by atoms with Gasteiger partial charge in [-0.05, 0) is 64.2 Å². The molecule has 0 aromatic rings. The molecule has 0 amide bonds. The summed E-state index contributed by atoms with van der Waals surface area (Å²) < 4.78 is 15.2. The van der Waals surface area contributed by atoms with Crippen LogP contribution in [0.3, 0.4) is 0 Å². The predicted molar refractivity (Wildman–Crippen MR) is 201 cm³/mol. The quantitative estimate of drug-likeness (QED) is 0.0294. The Morgan fingerprint density at radius 2 is 1.00 bits per heavy atom. The van der Waals surface area contributed by atoms with Gasteiger partial charge in [0.25, 0.3) is 5.76 Å². The van der Waals surface area contributed by atoms with E-state index in [1.165, 1.54) is 89.9 Å². The Morgan fingerprint density at radius 3 is 1.44 bits per heavy atom. The predicted octanol–water partition coefficient (Wildman–Crippen LogP) is 11.2. The number of esters is 3. The van der Waals surface area contributed by atoms with E-state index in [4.69, 9.17) is 14.2 Å². The van der Waals surface area contributed by atoms with E-state index in [-0.39, 0.29) is 12.8 Å². The van der Waals surface area contributed by atoms with Gasteiger partial charge in [-0.2, -0.15) is 0 Å². The second-order valence-corrected chi connectivity index (χ2v) is 13.9. The fourth-order valence-electron chi connectivity index (χ4n) is 6.00. The summed E-state index contributed by atoms with van der Waals surface area (Å²) >= 11 is 0. The first-order chi connectivity index (χ1) is 24.4. The summed E-state index contributed by atoms with van der Waals surface area (Å²) in [6.07, 6.45) is 36.7. The molecule has 2 atom stereocenters. The molecule has 1 rings (SSSR count). The summed E-state index contributed by atoms with van der Waals surface area (Å²) in [4.78, 5) is 36.6. The number of allylic oxidation sites excluding steroid dienone is 4. The Kier molecular flexibility index (Phi) is 29.3. The third-order valence-corrected chi connectivity index (χ3v) is 9.19. The van der Waals surface area contributed by atoms with E-state index in [0.29, 0.717) is 12.8 Å². The summed E-state index contributed by atoms with van der Waals surface area (Å²) in [6.45, 7) is 4.04. The Labute approximate surface area is 304 Å². The molecule has 0 unspecified atom stereocenters. The highest BCUT2D eigenvalue weighted by Crippen LogP contribution is 2.25. The van der Waals surface area contributed by atoms with Crippen molar-refractivity contribution in [3.8, 4) is 0 Å². The third-order valence-electron chi connectivity index (χ3n) is 9.19. The van der Waals surface area contributed by atoms with Gasteiger partial charge in [0.1, 0.15) is 12.7 Å². The summed E-state index contributed by atoms with van der Waals surface area (Å²) in [5, 5.41) is 20.8. The molecule has 0 spiro atoms. The van der Waals surface area contributed by atoms with Gasteiger partial charge in [0.05, 0.1) is 0 Å². The number of cyclic esters (lactones) is 1. The lowest BCUT2D eigenvalue weighted by atomic mass is 10.1. The molecular formula is C42H72O8.